The van der Waals surface area contributed by atoms with E-state index in [1.54, 1.807) is 12.1 Å². The van der Waals surface area contributed by atoms with E-state index in [1.807, 2.05) is 0 Å². The van der Waals surface area contributed by atoms with E-state index in [0.29, 0.717) is 21.9 Å². The molecule has 0 aliphatic carbocycles. The SMILES string of the molecule is CC(C)(O)[C@H](O)CC(=O)Oc1coc2cc3oc(=O)ccc3cc12. The second-order valence-electron chi connectivity index (χ2n) is 6.09. The van der Waals surface area contributed by atoms with Crippen molar-refractivity contribution in [3.05, 3.63) is 40.9 Å². The Hall–Kier alpha value is -2.64. The zero-order valence-electron chi connectivity index (χ0n) is 13.1. The van der Waals surface area contributed by atoms with E-state index in [4.69, 9.17) is 13.6 Å². The number of furan rings is 1. The van der Waals surface area contributed by atoms with Crippen molar-refractivity contribution in [3.8, 4) is 5.75 Å². The van der Waals surface area contributed by atoms with Gasteiger partial charge in [-0.15, -0.1) is 0 Å². The number of carbonyl (C=O) groups is 1. The summed E-state index contributed by atoms with van der Waals surface area (Å²) in [5.41, 5.74) is -1.13. The van der Waals surface area contributed by atoms with Crippen LogP contribution in [0.1, 0.15) is 20.3 Å². The summed E-state index contributed by atoms with van der Waals surface area (Å²) in [6.45, 7) is 2.80. The van der Waals surface area contributed by atoms with Gasteiger partial charge < -0.3 is 23.8 Å². The number of hydrogen-bond donors (Lipinski definition) is 2. The first kappa shape index (κ1) is 16.2. The zero-order chi connectivity index (χ0) is 17.5. The highest BCUT2D eigenvalue weighted by Crippen LogP contribution is 2.32. The van der Waals surface area contributed by atoms with E-state index < -0.39 is 23.3 Å². The van der Waals surface area contributed by atoms with Gasteiger partial charge in [0, 0.05) is 17.5 Å². The molecule has 0 unspecified atom stereocenters. The molecule has 3 aromatic rings. The highest BCUT2D eigenvalue weighted by molar-refractivity contribution is 5.97. The Balaban J connectivity index is 1.89. The molecule has 0 fully saturated rings. The van der Waals surface area contributed by atoms with Crippen LogP contribution in [0.15, 0.2) is 44.2 Å². The molecule has 3 rings (SSSR count). The minimum absolute atomic E-state index is 0.186. The molecule has 2 heterocycles. The number of benzene rings is 1. The Morgan fingerprint density at radius 3 is 2.75 bits per heavy atom. The van der Waals surface area contributed by atoms with Gasteiger partial charge >= 0.3 is 11.6 Å². The Morgan fingerprint density at radius 2 is 2.04 bits per heavy atom. The van der Waals surface area contributed by atoms with Crippen molar-refractivity contribution in [2.45, 2.75) is 32.0 Å². The maximum atomic E-state index is 11.9. The molecule has 1 aromatic carbocycles. The summed E-state index contributed by atoms with van der Waals surface area (Å²) in [7, 11) is 0. The van der Waals surface area contributed by atoms with Crippen LogP contribution < -0.4 is 10.4 Å². The highest BCUT2D eigenvalue weighted by Gasteiger charge is 2.28. The molecule has 126 valence electrons. The van der Waals surface area contributed by atoms with E-state index in [1.165, 1.54) is 32.2 Å². The lowest BCUT2D eigenvalue weighted by atomic mass is 9.99. The number of fused-ring (bicyclic) bond motifs is 2. The van der Waals surface area contributed by atoms with E-state index in [0.717, 1.165) is 0 Å². The lowest BCUT2D eigenvalue weighted by Gasteiger charge is -2.23. The predicted octanol–water partition coefficient (Wildman–Crippen LogP) is 1.97. The van der Waals surface area contributed by atoms with E-state index in [-0.39, 0.29) is 12.2 Å². The van der Waals surface area contributed by atoms with Crippen molar-refractivity contribution in [3.63, 3.8) is 0 Å². The molecule has 0 saturated carbocycles. The van der Waals surface area contributed by atoms with Crippen molar-refractivity contribution >= 4 is 27.9 Å². The third-order valence-corrected chi connectivity index (χ3v) is 3.68. The van der Waals surface area contributed by atoms with Gasteiger partial charge in [0.1, 0.15) is 17.4 Å². The molecular weight excluding hydrogens is 316 g/mol. The fourth-order valence-corrected chi connectivity index (χ4v) is 2.22. The Bertz CT molecular complexity index is 958. The Kier molecular flexibility index (Phi) is 3.90. The lowest BCUT2D eigenvalue weighted by molar-refractivity contribution is -0.141. The summed E-state index contributed by atoms with van der Waals surface area (Å²) in [5, 5.41) is 20.6. The quantitative estimate of drug-likeness (QED) is 0.555. The van der Waals surface area contributed by atoms with Crippen molar-refractivity contribution in [1.82, 2.24) is 0 Å². The average molecular weight is 332 g/mol. The molecule has 1 atom stereocenters. The lowest BCUT2D eigenvalue weighted by Crippen LogP contribution is -2.38. The summed E-state index contributed by atoms with van der Waals surface area (Å²) >= 11 is 0. The largest absolute Gasteiger partial charge is 0.460 e. The van der Waals surface area contributed by atoms with Gasteiger partial charge in [-0.3, -0.25) is 4.79 Å². The zero-order valence-corrected chi connectivity index (χ0v) is 13.1. The van der Waals surface area contributed by atoms with Gasteiger partial charge in [-0.05, 0) is 26.0 Å². The first-order chi connectivity index (χ1) is 11.2. The minimum Gasteiger partial charge on any atom is -0.460 e. The predicted molar refractivity (Wildman–Crippen MR) is 84.8 cm³/mol. The normalized spacial score (nSPS) is 13.3. The number of aliphatic hydroxyl groups excluding tert-OH is 1. The van der Waals surface area contributed by atoms with Crippen LogP contribution in [0.4, 0.5) is 0 Å². The number of rotatable bonds is 4. The van der Waals surface area contributed by atoms with Gasteiger partial charge in [0.2, 0.25) is 0 Å². The maximum absolute atomic E-state index is 11.9. The molecule has 7 heteroatoms. The minimum atomic E-state index is -1.41. The van der Waals surface area contributed by atoms with Crippen LogP contribution in [0, 0.1) is 0 Å². The van der Waals surface area contributed by atoms with Crippen LogP contribution in [0.2, 0.25) is 0 Å². The van der Waals surface area contributed by atoms with Crippen LogP contribution in [0.25, 0.3) is 21.9 Å². The summed E-state index contributed by atoms with van der Waals surface area (Å²) < 4.78 is 15.6. The molecule has 0 bridgehead atoms. The molecule has 24 heavy (non-hydrogen) atoms. The van der Waals surface area contributed by atoms with Crippen molar-refractivity contribution in [2.24, 2.45) is 0 Å². The highest BCUT2D eigenvalue weighted by atomic mass is 16.5. The second-order valence-corrected chi connectivity index (χ2v) is 6.09. The number of esters is 1. The van der Waals surface area contributed by atoms with Crippen LogP contribution >= 0.6 is 0 Å². The first-order valence-corrected chi connectivity index (χ1v) is 7.30. The van der Waals surface area contributed by atoms with E-state index in [9.17, 15) is 19.8 Å². The van der Waals surface area contributed by atoms with E-state index in [2.05, 4.69) is 0 Å². The molecule has 2 N–H and O–H groups in total. The van der Waals surface area contributed by atoms with Crippen LogP contribution in [-0.2, 0) is 4.79 Å². The van der Waals surface area contributed by atoms with Crippen molar-refractivity contribution in [1.29, 1.82) is 0 Å². The first-order valence-electron chi connectivity index (χ1n) is 7.30. The van der Waals surface area contributed by atoms with Crippen LogP contribution in [0.3, 0.4) is 0 Å². The summed E-state index contributed by atoms with van der Waals surface area (Å²) in [4.78, 5) is 23.2. The van der Waals surface area contributed by atoms with Gasteiger partial charge in [0.05, 0.1) is 23.5 Å². The smallest absolute Gasteiger partial charge is 0.336 e. The molecule has 0 spiro atoms. The summed E-state index contributed by atoms with van der Waals surface area (Å²) in [6.07, 6.45) is -0.354. The van der Waals surface area contributed by atoms with Crippen molar-refractivity contribution in [2.75, 3.05) is 0 Å². The number of carbonyl (C=O) groups excluding carboxylic acids is 1. The average Bonchev–Trinajstić information content (AvgIpc) is 2.86. The fraction of sp³-hybridized carbons (Fsp3) is 0.294. The molecule has 2 aromatic heterocycles. The molecular formula is C17H16O7. The standard InChI is InChI=1S/C17H16O7/c1-17(2,21)14(18)7-16(20)24-13-8-22-12-6-11-9(5-10(12)13)3-4-15(19)23-11/h3-6,8,14,18,21H,7H2,1-2H3/t14-/m1/s1. The van der Waals surface area contributed by atoms with Gasteiger partial charge in [0.15, 0.2) is 5.75 Å². The van der Waals surface area contributed by atoms with E-state index >= 15 is 0 Å². The van der Waals surface area contributed by atoms with Gasteiger partial charge in [-0.2, -0.15) is 0 Å². The summed E-state index contributed by atoms with van der Waals surface area (Å²) in [5.74, 6) is -0.516. The van der Waals surface area contributed by atoms with Gasteiger partial charge in [0.25, 0.3) is 0 Å². The molecule has 0 amide bonds. The Labute approximate surface area is 136 Å². The van der Waals surface area contributed by atoms with Gasteiger partial charge in [-0.1, -0.05) is 0 Å². The van der Waals surface area contributed by atoms with Gasteiger partial charge in [-0.25, -0.2) is 4.79 Å². The third-order valence-electron chi connectivity index (χ3n) is 3.68. The third kappa shape index (κ3) is 3.17. The molecule has 0 saturated heterocycles. The number of hydrogen-bond acceptors (Lipinski definition) is 7. The molecule has 0 aliphatic heterocycles. The molecule has 7 nitrogen and oxygen atoms in total. The summed E-state index contributed by atoms with van der Waals surface area (Å²) in [6, 6.07) is 6.10. The fourth-order valence-electron chi connectivity index (χ4n) is 2.22. The topological polar surface area (TPSA) is 110 Å². The van der Waals surface area contributed by atoms with Crippen LogP contribution in [0.5, 0.6) is 5.75 Å². The maximum Gasteiger partial charge on any atom is 0.336 e. The second kappa shape index (κ2) is 5.77. The number of aliphatic hydroxyl groups is 2. The number of ether oxygens (including phenoxy) is 1. The van der Waals surface area contributed by atoms with Crippen molar-refractivity contribution < 1.29 is 28.6 Å². The monoisotopic (exact) mass is 332 g/mol. The van der Waals surface area contributed by atoms with Crippen LogP contribution in [-0.4, -0.2) is 27.9 Å². The Morgan fingerprint density at radius 1 is 1.29 bits per heavy atom. The molecule has 0 radical (unpaired) electrons. The molecule has 0 aliphatic rings.